The zero-order valence-electron chi connectivity index (χ0n) is 14.7. The van der Waals surface area contributed by atoms with Crippen LogP contribution < -0.4 is 0 Å². The van der Waals surface area contributed by atoms with Crippen LogP contribution in [0.25, 0.3) is 0 Å². The molecule has 0 saturated heterocycles. The van der Waals surface area contributed by atoms with Crippen molar-refractivity contribution in [1.29, 1.82) is 0 Å². The molecule has 0 bridgehead atoms. The molecular formula is C19H29NO2S. The van der Waals surface area contributed by atoms with Crippen LogP contribution >= 0.6 is 0 Å². The summed E-state index contributed by atoms with van der Waals surface area (Å²) < 4.78 is 26.5. The van der Waals surface area contributed by atoms with Gasteiger partial charge in [-0.25, -0.2) is 12.7 Å². The van der Waals surface area contributed by atoms with Gasteiger partial charge in [0, 0.05) is 13.6 Å². The second-order valence-corrected chi connectivity index (χ2v) is 8.55. The van der Waals surface area contributed by atoms with Gasteiger partial charge in [0.1, 0.15) is 0 Å². The van der Waals surface area contributed by atoms with Gasteiger partial charge >= 0.3 is 0 Å². The Bertz CT molecular complexity index is 635. The van der Waals surface area contributed by atoms with Crippen LogP contribution in [0.15, 0.2) is 54.0 Å². The van der Waals surface area contributed by atoms with Crippen LogP contribution in [0.5, 0.6) is 0 Å². The summed E-state index contributed by atoms with van der Waals surface area (Å²) in [5, 5.41) is 0. The van der Waals surface area contributed by atoms with E-state index in [1.165, 1.54) is 9.87 Å². The summed E-state index contributed by atoms with van der Waals surface area (Å²) in [4.78, 5) is 0.140. The Morgan fingerprint density at radius 3 is 2.43 bits per heavy atom. The topological polar surface area (TPSA) is 37.4 Å². The van der Waals surface area contributed by atoms with Gasteiger partial charge in [-0.2, -0.15) is 0 Å². The zero-order valence-corrected chi connectivity index (χ0v) is 15.6. The molecule has 23 heavy (non-hydrogen) atoms. The SMILES string of the molecule is C=C(/C=C\C)S(=O)(=O)N(C)CC(C)(CCC)Cc1ccccc1. The summed E-state index contributed by atoms with van der Waals surface area (Å²) in [6.07, 6.45) is 6.09. The average molecular weight is 336 g/mol. The minimum absolute atomic E-state index is 0.103. The lowest BCUT2D eigenvalue weighted by Gasteiger charge is -2.33. The Hall–Kier alpha value is -1.39. The van der Waals surface area contributed by atoms with E-state index >= 15 is 0 Å². The summed E-state index contributed by atoms with van der Waals surface area (Å²) in [6.45, 7) is 10.2. The van der Waals surface area contributed by atoms with E-state index in [9.17, 15) is 8.42 Å². The molecular weight excluding hydrogens is 306 g/mol. The van der Waals surface area contributed by atoms with Crippen molar-refractivity contribution in [2.24, 2.45) is 5.41 Å². The Labute approximate surface area is 141 Å². The fourth-order valence-electron chi connectivity index (χ4n) is 3.01. The summed E-state index contributed by atoms with van der Waals surface area (Å²) in [5.74, 6) is 0. The second-order valence-electron chi connectivity index (χ2n) is 6.45. The molecule has 0 heterocycles. The average Bonchev–Trinajstić information content (AvgIpc) is 2.48. The maximum absolute atomic E-state index is 12.5. The maximum Gasteiger partial charge on any atom is 0.242 e. The molecule has 0 saturated carbocycles. The lowest BCUT2D eigenvalue weighted by molar-refractivity contribution is 0.233. The minimum atomic E-state index is -3.49. The smallest absolute Gasteiger partial charge is 0.207 e. The van der Waals surface area contributed by atoms with E-state index in [4.69, 9.17) is 0 Å². The monoisotopic (exact) mass is 335 g/mol. The molecule has 0 spiro atoms. The number of rotatable bonds is 9. The van der Waals surface area contributed by atoms with E-state index in [2.05, 4.69) is 32.6 Å². The quantitative estimate of drug-likeness (QED) is 0.628. The summed E-state index contributed by atoms with van der Waals surface area (Å²) in [6, 6.07) is 10.2. The van der Waals surface area contributed by atoms with Gasteiger partial charge in [0.25, 0.3) is 0 Å². The lowest BCUT2D eigenvalue weighted by atomic mass is 9.79. The molecule has 0 aliphatic rings. The fourth-order valence-corrected chi connectivity index (χ4v) is 4.20. The van der Waals surface area contributed by atoms with Crippen LogP contribution in [0.2, 0.25) is 0 Å². The second kappa shape index (κ2) is 8.46. The highest BCUT2D eigenvalue weighted by Crippen LogP contribution is 2.30. The third kappa shape index (κ3) is 5.63. The minimum Gasteiger partial charge on any atom is -0.207 e. The first-order valence-electron chi connectivity index (χ1n) is 8.07. The van der Waals surface area contributed by atoms with Crippen LogP contribution in [0.3, 0.4) is 0 Å². The van der Waals surface area contributed by atoms with Gasteiger partial charge in [0.2, 0.25) is 10.0 Å². The highest BCUT2D eigenvalue weighted by Gasteiger charge is 2.31. The van der Waals surface area contributed by atoms with Crippen molar-refractivity contribution in [3.05, 3.63) is 59.5 Å². The summed E-state index contributed by atoms with van der Waals surface area (Å²) >= 11 is 0. The van der Waals surface area contributed by atoms with E-state index in [-0.39, 0.29) is 10.3 Å². The fraction of sp³-hybridized carbons (Fsp3) is 0.474. The number of sulfonamides is 1. The standard InChI is InChI=1S/C19H29NO2S/c1-6-11-17(3)23(21,22)20(5)16-19(4,14-7-2)15-18-12-9-8-10-13-18/h6,8-13H,3,7,14-16H2,1-2,4-5H3/b11-6-. The molecule has 0 aromatic heterocycles. The van der Waals surface area contributed by atoms with Gasteiger partial charge in [-0.1, -0.05) is 63.3 Å². The first-order valence-corrected chi connectivity index (χ1v) is 9.51. The zero-order chi connectivity index (χ0) is 17.5. The number of benzene rings is 1. The number of hydrogen-bond donors (Lipinski definition) is 0. The van der Waals surface area contributed by atoms with Gasteiger partial charge in [0.05, 0.1) is 4.91 Å². The Kier molecular flexibility index (Phi) is 7.23. The first kappa shape index (κ1) is 19.7. The maximum atomic E-state index is 12.5. The molecule has 0 aliphatic heterocycles. The number of hydrogen-bond acceptors (Lipinski definition) is 2. The van der Waals surface area contributed by atoms with Crippen LogP contribution in [-0.2, 0) is 16.4 Å². The van der Waals surface area contributed by atoms with E-state index in [1.807, 2.05) is 18.2 Å². The predicted molar refractivity (Wildman–Crippen MR) is 98.7 cm³/mol. The van der Waals surface area contributed by atoms with Gasteiger partial charge in [-0.05, 0) is 36.8 Å². The first-order chi connectivity index (χ1) is 10.7. The molecule has 0 radical (unpaired) electrons. The molecule has 1 rings (SSSR count). The van der Waals surface area contributed by atoms with Gasteiger partial charge < -0.3 is 0 Å². The third-order valence-electron chi connectivity index (χ3n) is 4.03. The largest absolute Gasteiger partial charge is 0.242 e. The number of allylic oxidation sites excluding steroid dienone is 2. The van der Waals surface area contributed by atoms with Gasteiger partial charge in [0.15, 0.2) is 0 Å². The van der Waals surface area contributed by atoms with Gasteiger partial charge in [-0.3, -0.25) is 0 Å². The van der Waals surface area contributed by atoms with Crippen molar-refractivity contribution in [1.82, 2.24) is 4.31 Å². The van der Waals surface area contributed by atoms with E-state index in [0.29, 0.717) is 6.54 Å². The van der Waals surface area contributed by atoms with Crippen LogP contribution in [0.4, 0.5) is 0 Å². The highest BCUT2D eigenvalue weighted by atomic mass is 32.2. The molecule has 0 aliphatic carbocycles. The molecule has 1 aromatic rings. The lowest BCUT2D eigenvalue weighted by Crippen LogP contribution is -2.38. The van der Waals surface area contributed by atoms with E-state index < -0.39 is 10.0 Å². The molecule has 128 valence electrons. The van der Waals surface area contributed by atoms with Crippen molar-refractivity contribution in [3.8, 4) is 0 Å². The van der Waals surface area contributed by atoms with Crippen molar-refractivity contribution in [2.75, 3.05) is 13.6 Å². The summed E-state index contributed by atoms with van der Waals surface area (Å²) in [7, 11) is -1.85. The van der Waals surface area contributed by atoms with Crippen molar-refractivity contribution in [2.45, 2.75) is 40.0 Å². The summed E-state index contributed by atoms with van der Waals surface area (Å²) in [5.41, 5.74) is 1.13. The van der Waals surface area contributed by atoms with Crippen LogP contribution in [-0.4, -0.2) is 26.3 Å². The molecule has 0 fully saturated rings. The normalized spacial score (nSPS) is 15.0. The highest BCUT2D eigenvalue weighted by molar-refractivity contribution is 7.93. The molecule has 1 unspecified atom stereocenters. The molecule has 4 heteroatoms. The van der Waals surface area contributed by atoms with E-state index in [0.717, 1.165) is 19.3 Å². The molecule has 1 aromatic carbocycles. The molecule has 0 N–H and O–H groups in total. The molecule has 1 atom stereocenters. The molecule has 0 amide bonds. The van der Waals surface area contributed by atoms with Crippen molar-refractivity contribution < 1.29 is 8.42 Å². The number of nitrogens with zero attached hydrogens (tertiary/aromatic N) is 1. The Balaban J connectivity index is 2.96. The van der Waals surface area contributed by atoms with Crippen molar-refractivity contribution in [3.63, 3.8) is 0 Å². The van der Waals surface area contributed by atoms with Crippen molar-refractivity contribution >= 4 is 10.0 Å². The van der Waals surface area contributed by atoms with E-state index in [1.54, 1.807) is 26.1 Å². The predicted octanol–water partition coefficient (Wildman–Crippen LogP) is 4.39. The third-order valence-corrected chi connectivity index (χ3v) is 5.77. The Morgan fingerprint density at radius 1 is 1.30 bits per heavy atom. The Morgan fingerprint density at radius 2 is 1.91 bits per heavy atom. The van der Waals surface area contributed by atoms with Crippen LogP contribution in [0.1, 0.15) is 39.2 Å². The van der Waals surface area contributed by atoms with Crippen LogP contribution in [0, 0.1) is 5.41 Å². The van der Waals surface area contributed by atoms with Gasteiger partial charge in [-0.15, -0.1) is 0 Å². The molecule has 3 nitrogen and oxygen atoms in total.